The number of fused-ring (bicyclic) bond motifs is 5. The first-order valence-corrected chi connectivity index (χ1v) is 14.2. The highest BCUT2D eigenvalue weighted by Gasteiger charge is 2.69. The topological polar surface area (TPSA) is 40.5 Å². The Hall–Kier alpha value is -0.340. The van der Waals surface area contributed by atoms with Gasteiger partial charge in [0.25, 0.3) is 0 Å². The molecule has 2 heteroatoms. The predicted octanol–water partition coefficient (Wildman–Crippen LogP) is 7.78. The van der Waals surface area contributed by atoms with Crippen LogP contribution in [-0.4, -0.2) is 21.9 Å². The van der Waals surface area contributed by atoms with Crippen molar-refractivity contribution >= 4 is 0 Å². The maximum atomic E-state index is 11.8. The van der Waals surface area contributed by atoms with Gasteiger partial charge in [-0.15, -0.1) is 0 Å². The minimum atomic E-state index is -0.576. The van der Waals surface area contributed by atoms with E-state index >= 15 is 0 Å². The van der Waals surface area contributed by atoms with Crippen LogP contribution in [0, 0.1) is 51.2 Å². The molecule has 4 rings (SSSR count). The third-order valence-corrected chi connectivity index (χ3v) is 13.1. The van der Waals surface area contributed by atoms with Crippen molar-refractivity contribution in [1.29, 1.82) is 0 Å². The van der Waals surface area contributed by atoms with Crippen LogP contribution in [0.15, 0.2) is 12.2 Å². The largest absolute Gasteiger partial charge is 0.393 e. The molecule has 0 saturated heterocycles. The first-order chi connectivity index (χ1) is 15.1. The first kappa shape index (κ1) is 25.7. The molecule has 0 bridgehead atoms. The summed E-state index contributed by atoms with van der Waals surface area (Å²) in [7, 11) is 0. The molecule has 190 valence electrons. The Kier molecular flexibility index (Phi) is 6.31. The average molecular weight is 459 g/mol. The van der Waals surface area contributed by atoms with Crippen LogP contribution >= 0.6 is 0 Å². The van der Waals surface area contributed by atoms with Gasteiger partial charge in [0.2, 0.25) is 0 Å². The van der Waals surface area contributed by atoms with Crippen LogP contribution in [-0.2, 0) is 0 Å². The first-order valence-electron chi connectivity index (χ1n) is 14.2. The quantitative estimate of drug-likeness (QED) is 0.413. The van der Waals surface area contributed by atoms with Gasteiger partial charge in [-0.2, -0.15) is 0 Å². The summed E-state index contributed by atoms with van der Waals surface area (Å²) in [5, 5.41) is 22.6. The van der Waals surface area contributed by atoms with Crippen molar-refractivity contribution in [3.8, 4) is 0 Å². The zero-order chi connectivity index (χ0) is 24.6. The minimum Gasteiger partial charge on any atom is -0.393 e. The summed E-state index contributed by atoms with van der Waals surface area (Å²) in [5.41, 5.74) is 1.68. The maximum absolute atomic E-state index is 11.8. The fraction of sp³-hybridized carbons (Fsp3) is 0.935. The summed E-state index contributed by atoms with van der Waals surface area (Å²) in [6, 6.07) is 0. The van der Waals surface area contributed by atoms with E-state index in [9.17, 15) is 10.2 Å². The SMILES string of the molecule is C=C(C)[C@@H](C)CC[C@](C)(O)[C@H]1CC[C@@]2(C)[C@H]1CC[C@H]1[C@@]3(C)CC[C@H](O)C(C)(C)[C@@H]3CC[C@@]12C. The van der Waals surface area contributed by atoms with Gasteiger partial charge < -0.3 is 10.2 Å². The van der Waals surface area contributed by atoms with Gasteiger partial charge in [-0.1, -0.05) is 53.7 Å². The van der Waals surface area contributed by atoms with Crippen molar-refractivity contribution in [2.24, 2.45) is 51.2 Å². The molecule has 4 aliphatic carbocycles. The smallest absolute Gasteiger partial charge is 0.0650 e. The Labute approximate surface area is 205 Å². The number of rotatable bonds is 5. The van der Waals surface area contributed by atoms with Crippen LogP contribution in [0.3, 0.4) is 0 Å². The van der Waals surface area contributed by atoms with Gasteiger partial charge in [0.15, 0.2) is 0 Å². The van der Waals surface area contributed by atoms with Gasteiger partial charge in [-0.25, -0.2) is 0 Å². The molecule has 0 heterocycles. The molecule has 10 atom stereocenters. The molecular weight excluding hydrogens is 404 g/mol. The fourth-order valence-electron chi connectivity index (χ4n) is 10.4. The summed E-state index contributed by atoms with van der Waals surface area (Å²) < 4.78 is 0. The molecule has 4 saturated carbocycles. The Morgan fingerprint density at radius 1 is 0.939 bits per heavy atom. The normalized spacial score (nSPS) is 49.3. The second-order valence-electron chi connectivity index (χ2n) is 14.8. The van der Waals surface area contributed by atoms with E-state index in [4.69, 9.17) is 0 Å². The van der Waals surface area contributed by atoms with Crippen molar-refractivity contribution in [3.05, 3.63) is 12.2 Å². The fourth-order valence-corrected chi connectivity index (χ4v) is 10.4. The third kappa shape index (κ3) is 3.62. The van der Waals surface area contributed by atoms with Crippen molar-refractivity contribution in [2.75, 3.05) is 0 Å². The highest BCUT2D eigenvalue weighted by Crippen LogP contribution is 2.75. The Morgan fingerprint density at radius 3 is 2.21 bits per heavy atom. The Morgan fingerprint density at radius 2 is 1.58 bits per heavy atom. The summed E-state index contributed by atoms with van der Waals surface area (Å²) in [6.45, 7) is 23.2. The van der Waals surface area contributed by atoms with E-state index in [1.165, 1.54) is 50.5 Å². The van der Waals surface area contributed by atoms with Crippen LogP contribution < -0.4 is 0 Å². The van der Waals surface area contributed by atoms with Crippen molar-refractivity contribution in [3.63, 3.8) is 0 Å². The average Bonchev–Trinajstić information content (AvgIpc) is 3.08. The zero-order valence-electron chi connectivity index (χ0n) is 23.1. The minimum absolute atomic E-state index is 0.0218. The van der Waals surface area contributed by atoms with Crippen LogP contribution in [0.1, 0.15) is 120 Å². The van der Waals surface area contributed by atoms with E-state index in [1.54, 1.807) is 0 Å². The van der Waals surface area contributed by atoms with Crippen LogP contribution in [0.25, 0.3) is 0 Å². The third-order valence-electron chi connectivity index (χ3n) is 13.1. The standard InChI is InChI=1S/C31H54O2/c1-20(2)21(3)12-19-31(9,33)23-13-17-29(7)22(23)10-11-25-28(6)16-15-26(32)27(4,5)24(28)14-18-30(25,29)8/h21-26,32-33H,1,10-19H2,2-9H3/t21-,22-,23-,24-,25-,26-,28-,29-,30-,31-/m0/s1. The molecule has 4 fully saturated rings. The van der Waals surface area contributed by atoms with E-state index in [0.29, 0.717) is 39.9 Å². The number of hydrogen-bond donors (Lipinski definition) is 2. The monoisotopic (exact) mass is 458 g/mol. The van der Waals surface area contributed by atoms with Crippen LogP contribution in [0.2, 0.25) is 0 Å². The van der Waals surface area contributed by atoms with Gasteiger partial charge in [0.05, 0.1) is 11.7 Å². The lowest BCUT2D eigenvalue weighted by Crippen LogP contribution is -2.64. The molecule has 2 N–H and O–H groups in total. The van der Waals surface area contributed by atoms with Crippen molar-refractivity contribution < 1.29 is 10.2 Å². The summed E-state index contributed by atoms with van der Waals surface area (Å²) in [6.07, 6.45) is 11.5. The molecule has 0 radical (unpaired) electrons. The maximum Gasteiger partial charge on any atom is 0.0650 e. The van der Waals surface area contributed by atoms with E-state index in [1.807, 2.05) is 0 Å². The number of aliphatic hydroxyl groups excluding tert-OH is 1. The van der Waals surface area contributed by atoms with E-state index in [-0.39, 0.29) is 11.5 Å². The summed E-state index contributed by atoms with van der Waals surface area (Å²) in [5.74, 6) is 2.90. The second kappa shape index (κ2) is 8.09. The molecule has 2 nitrogen and oxygen atoms in total. The lowest BCUT2D eigenvalue weighted by molar-refractivity contribution is -0.225. The van der Waals surface area contributed by atoms with Crippen molar-refractivity contribution in [1.82, 2.24) is 0 Å². The molecule has 0 unspecified atom stereocenters. The van der Waals surface area contributed by atoms with Gasteiger partial charge in [0, 0.05) is 0 Å². The molecule has 0 aromatic rings. The van der Waals surface area contributed by atoms with Gasteiger partial charge in [0.1, 0.15) is 0 Å². The molecule has 0 aromatic carbocycles. The second-order valence-corrected chi connectivity index (χ2v) is 14.8. The highest BCUT2D eigenvalue weighted by molar-refractivity contribution is 5.18. The van der Waals surface area contributed by atoms with Gasteiger partial charge in [-0.05, 0) is 129 Å². The summed E-state index contributed by atoms with van der Waals surface area (Å²) >= 11 is 0. The van der Waals surface area contributed by atoms with Crippen molar-refractivity contribution in [2.45, 2.75) is 131 Å². The molecular formula is C31H54O2. The van der Waals surface area contributed by atoms with E-state index in [2.05, 4.69) is 62.0 Å². The Balaban J connectivity index is 1.59. The predicted molar refractivity (Wildman–Crippen MR) is 139 cm³/mol. The summed E-state index contributed by atoms with van der Waals surface area (Å²) in [4.78, 5) is 0. The molecule has 0 aliphatic heterocycles. The van der Waals surface area contributed by atoms with Gasteiger partial charge in [-0.3, -0.25) is 0 Å². The van der Waals surface area contributed by atoms with E-state index in [0.717, 1.165) is 25.2 Å². The number of allylic oxidation sites excluding steroid dienone is 1. The molecule has 33 heavy (non-hydrogen) atoms. The van der Waals surface area contributed by atoms with Gasteiger partial charge >= 0.3 is 0 Å². The number of aliphatic hydroxyl groups is 2. The lowest BCUT2D eigenvalue weighted by atomic mass is 9.35. The molecule has 4 aliphatic rings. The van der Waals surface area contributed by atoms with Crippen LogP contribution in [0.4, 0.5) is 0 Å². The zero-order valence-corrected chi connectivity index (χ0v) is 23.1. The number of hydrogen-bond acceptors (Lipinski definition) is 2. The van der Waals surface area contributed by atoms with E-state index < -0.39 is 5.60 Å². The lowest BCUT2D eigenvalue weighted by Gasteiger charge is -2.70. The molecule has 0 spiro atoms. The highest BCUT2D eigenvalue weighted by atomic mass is 16.3. The van der Waals surface area contributed by atoms with Crippen LogP contribution in [0.5, 0.6) is 0 Å². The molecule has 0 amide bonds. The molecule has 0 aromatic heterocycles. The Bertz CT molecular complexity index is 767.